The minimum absolute atomic E-state index is 0.122. The fraction of sp³-hybridized carbons (Fsp3) is 0. The molecule has 1 heterocycles. The Bertz CT molecular complexity index is 2910. The van der Waals surface area contributed by atoms with E-state index in [0.29, 0.717) is 16.7 Å². The first-order valence-electron chi connectivity index (χ1n) is 19.9. The maximum Gasteiger partial charge on any atom is 0.159 e. The highest BCUT2D eigenvalue weighted by molar-refractivity contribution is 6.10. The minimum atomic E-state index is -0.446. The van der Waals surface area contributed by atoms with E-state index in [2.05, 4.69) is 4.90 Å². The fourth-order valence-electron chi connectivity index (χ4n) is 6.18. The highest BCUT2D eigenvalue weighted by Gasteiger charge is 2.20. The summed E-state index contributed by atoms with van der Waals surface area (Å²) in [5.41, 5.74) is 4.88. The van der Waals surface area contributed by atoms with Crippen molar-refractivity contribution in [3.05, 3.63) is 176 Å². The van der Waals surface area contributed by atoms with Crippen molar-refractivity contribution in [1.82, 2.24) is 0 Å². The van der Waals surface area contributed by atoms with E-state index in [1.165, 1.54) is 0 Å². The zero-order valence-electron chi connectivity index (χ0n) is 34.3. The number of nitrogens with zero attached hydrogens (tertiary/aromatic N) is 1. The maximum absolute atomic E-state index is 8.59. The quantitative estimate of drug-likeness (QED) is 0.196. The van der Waals surface area contributed by atoms with Gasteiger partial charge in [-0.3, -0.25) is 0 Å². The molecule has 0 aliphatic heterocycles. The Labute approximate surface area is 281 Å². The molecule has 0 fully saturated rings. The van der Waals surface area contributed by atoms with Crippen LogP contribution in [0.1, 0.15) is 13.7 Å². The summed E-state index contributed by atoms with van der Waals surface area (Å²) >= 11 is 0. The smallest absolute Gasteiger partial charge is 0.159 e. The van der Waals surface area contributed by atoms with E-state index >= 15 is 0 Å². The third-order valence-electron chi connectivity index (χ3n) is 8.37. The summed E-state index contributed by atoms with van der Waals surface area (Å²) in [5, 5.41) is 5.21. The van der Waals surface area contributed by atoms with Crippen LogP contribution >= 0.6 is 0 Å². The normalized spacial score (nSPS) is 14.5. The van der Waals surface area contributed by atoms with E-state index in [0.717, 1.165) is 55.0 Å². The van der Waals surface area contributed by atoms with Gasteiger partial charge in [-0.1, -0.05) is 127 Å². The number of anilines is 3. The van der Waals surface area contributed by atoms with E-state index in [9.17, 15) is 0 Å². The van der Waals surface area contributed by atoms with Crippen molar-refractivity contribution < 1.29 is 18.1 Å². The number of benzene rings is 8. The second-order valence-electron chi connectivity index (χ2n) is 11.1. The molecule has 0 saturated heterocycles. The predicted octanol–water partition coefficient (Wildman–Crippen LogP) is 12.7. The Morgan fingerprint density at radius 2 is 0.978 bits per heavy atom. The number of para-hydroxylation sites is 2. The molecular formula is C44H29NO. The molecule has 8 aromatic carbocycles. The van der Waals surface area contributed by atoms with Gasteiger partial charge in [-0.2, -0.15) is 0 Å². The van der Waals surface area contributed by atoms with Crippen LogP contribution in [0.3, 0.4) is 0 Å². The van der Waals surface area contributed by atoms with Gasteiger partial charge in [-0.15, -0.1) is 0 Å². The summed E-state index contributed by atoms with van der Waals surface area (Å²) in [6.45, 7) is 0. The molecule has 0 amide bonds. The number of furan rings is 1. The van der Waals surface area contributed by atoms with Crippen molar-refractivity contribution in [2.24, 2.45) is 0 Å². The summed E-state index contributed by atoms with van der Waals surface area (Å²) in [6, 6.07) is 33.1. The second kappa shape index (κ2) is 10.8. The minimum Gasteiger partial charge on any atom is -0.454 e. The molecule has 0 N–H and O–H groups in total. The molecule has 0 aliphatic rings. The number of hydrogen-bond donors (Lipinski definition) is 0. The molecule has 0 saturated carbocycles. The van der Waals surface area contributed by atoms with Crippen LogP contribution in [0.5, 0.6) is 0 Å². The van der Waals surface area contributed by atoms with Crippen molar-refractivity contribution in [3.8, 4) is 22.3 Å². The van der Waals surface area contributed by atoms with Gasteiger partial charge in [-0.05, 0) is 92.3 Å². The van der Waals surface area contributed by atoms with Gasteiger partial charge in [0.05, 0.1) is 19.4 Å². The Hall–Kier alpha value is -6.12. The molecule has 0 bridgehead atoms. The Kier molecular flexibility index (Phi) is 4.22. The van der Waals surface area contributed by atoms with Crippen molar-refractivity contribution in [1.29, 1.82) is 0 Å². The van der Waals surface area contributed by atoms with Gasteiger partial charge in [0.2, 0.25) is 0 Å². The highest BCUT2D eigenvalue weighted by Crippen LogP contribution is 2.43. The summed E-state index contributed by atoms with van der Waals surface area (Å²) < 4.78 is 90.0. The lowest BCUT2D eigenvalue weighted by Crippen LogP contribution is -2.10. The molecule has 0 spiro atoms. The van der Waals surface area contributed by atoms with E-state index < -0.39 is 36.3 Å². The Balaban J connectivity index is 1.27. The standard InChI is InChI=1S/C44H29NO/c1-3-10-30(11-4-1)34-20-18-32-22-24-38(28-36(32)26-34)45(42-16-9-15-41-40-14-7-8-17-43(40)46-44(41)42)39-25-23-33-19-21-35(27-37(33)29-39)31-12-5-2-6-13-31/h1-29H/i1D,2D,3D,4D,5D,6D,10D,11D,12D,13D. The zero-order chi connectivity index (χ0) is 39.2. The first kappa shape index (κ1) is 18.0. The molecular weight excluding hydrogens is 558 g/mol. The molecule has 46 heavy (non-hydrogen) atoms. The van der Waals surface area contributed by atoms with Crippen LogP contribution in [0, 0.1) is 0 Å². The summed E-state index contributed by atoms with van der Waals surface area (Å²) in [5.74, 6) is 0. The third-order valence-corrected chi connectivity index (χ3v) is 8.37. The monoisotopic (exact) mass is 597 g/mol. The van der Waals surface area contributed by atoms with Crippen LogP contribution in [-0.2, 0) is 0 Å². The van der Waals surface area contributed by atoms with Crippen molar-refractivity contribution in [2.45, 2.75) is 0 Å². The lowest BCUT2D eigenvalue weighted by molar-refractivity contribution is 0.669. The Morgan fingerprint density at radius 3 is 1.59 bits per heavy atom. The molecule has 2 heteroatoms. The van der Waals surface area contributed by atoms with Crippen molar-refractivity contribution in [2.75, 3.05) is 4.90 Å². The molecule has 0 atom stereocenters. The van der Waals surface area contributed by atoms with Gasteiger partial charge < -0.3 is 9.32 Å². The molecule has 9 aromatic rings. The van der Waals surface area contributed by atoms with E-state index in [4.69, 9.17) is 18.1 Å². The molecule has 9 rings (SSSR count). The topological polar surface area (TPSA) is 16.4 Å². The van der Waals surface area contributed by atoms with Crippen LogP contribution < -0.4 is 4.90 Å². The highest BCUT2D eigenvalue weighted by atomic mass is 16.3. The van der Waals surface area contributed by atoms with Crippen LogP contribution in [0.15, 0.2) is 180 Å². The molecule has 216 valence electrons. The van der Waals surface area contributed by atoms with Crippen LogP contribution in [0.25, 0.3) is 65.7 Å². The van der Waals surface area contributed by atoms with Gasteiger partial charge >= 0.3 is 0 Å². The molecule has 0 unspecified atom stereocenters. The summed E-state index contributed by atoms with van der Waals surface area (Å²) in [7, 11) is 0. The van der Waals surface area contributed by atoms with Crippen LogP contribution in [0.2, 0.25) is 0 Å². The molecule has 1 aromatic heterocycles. The van der Waals surface area contributed by atoms with Crippen molar-refractivity contribution in [3.63, 3.8) is 0 Å². The first-order valence-corrected chi connectivity index (χ1v) is 14.9. The van der Waals surface area contributed by atoms with E-state index in [-0.39, 0.29) is 35.3 Å². The summed E-state index contributed by atoms with van der Waals surface area (Å²) in [6.07, 6.45) is 0. The average molecular weight is 598 g/mol. The average Bonchev–Trinajstić information content (AvgIpc) is 3.60. The van der Waals surface area contributed by atoms with Crippen LogP contribution in [-0.4, -0.2) is 0 Å². The Morgan fingerprint density at radius 1 is 0.435 bits per heavy atom. The lowest BCUT2D eigenvalue weighted by Gasteiger charge is -2.26. The largest absolute Gasteiger partial charge is 0.454 e. The van der Waals surface area contributed by atoms with Crippen molar-refractivity contribution >= 4 is 60.5 Å². The zero-order valence-corrected chi connectivity index (χ0v) is 24.3. The maximum atomic E-state index is 8.59. The lowest BCUT2D eigenvalue weighted by atomic mass is 9.99. The van der Waals surface area contributed by atoms with Gasteiger partial charge in [0.1, 0.15) is 5.58 Å². The van der Waals surface area contributed by atoms with Gasteiger partial charge in [0, 0.05) is 22.1 Å². The third kappa shape index (κ3) is 4.51. The van der Waals surface area contributed by atoms with Gasteiger partial charge in [0.25, 0.3) is 0 Å². The summed E-state index contributed by atoms with van der Waals surface area (Å²) in [4.78, 5) is 2.07. The SMILES string of the molecule is [2H]c1c([2H])c([2H])c(-c2ccc3ccc(N(c4ccc5ccc(-c6c([2H])c([2H])c([2H])c([2H])c6[2H])cc5c4)c4cccc5c4oc4ccccc45)cc3c2)c([2H])c1[2H]. The van der Waals surface area contributed by atoms with E-state index in [1.807, 2.05) is 103 Å². The predicted molar refractivity (Wildman–Crippen MR) is 194 cm³/mol. The van der Waals surface area contributed by atoms with Crippen LogP contribution in [0.4, 0.5) is 17.1 Å². The number of rotatable bonds is 5. The molecule has 0 aliphatic carbocycles. The second-order valence-corrected chi connectivity index (χ2v) is 11.1. The van der Waals surface area contributed by atoms with E-state index in [1.54, 1.807) is 12.1 Å². The van der Waals surface area contributed by atoms with Gasteiger partial charge in [-0.25, -0.2) is 0 Å². The number of fused-ring (bicyclic) bond motifs is 5. The molecule has 0 radical (unpaired) electrons. The van der Waals surface area contributed by atoms with Gasteiger partial charge in [0.15, 0.2) is 5.58 Å². The fourth-order valence-corrected chi connectivity index (χ4v) is 6.18. The first-order chi connectivity index (χ1) is 26.9. The number of hydrogen-bond acceptors (Lipinski definition) is 2. The molecule has 2 nitrogen and oxygen atoms in total.